The van der Waals surface area contributed by atoms with Crippen LogP contribution in [0.1, 0.15) is 51.0 Å². The van der Waals surface area contributed by atoms with Gasteiger partial charge in [0.1, 0.15) is 5.76 Å². The quantitative estimate of drug-likeness (QED) is 0.805. The Labute approximate surface area is 92.1 Å². The molecule has 1 unspecified atom stereocenters. The number of rotatable bonds is 2. The van der Waals surface area contributed by atoms with Crippen molar-refractivity contribution < 1.29 is 4.42 Å². The molecule has 0 aliphatic heterocycles. The largest absolute Gasteiger partial charge is 0.469 e. The summed E-state index contributed by atoms with van der Waals surface area (Å²) < 4.78 is 5.48. The van der Waals surface area contributed by atoms with E-state index in [4.69, 9.17) is 4.42 Å². The fraction of sp³-hybridized carbons (Fsp3) is 0.692. The molecule has 2 nitrogen and oxygen atoms in total. The van der Waals surface area contributed by atoms with E-state index in [0.717, 1.165) is 13.0 Å². The molecular formula is C13H21NO. The first-order valence-electron chi connectivity index (χ1n) is 5.86. The topological polar surface area (TPSA) is 25.2 Å². The van der Waals surface area contributed by atoms with Crippen LogP contribution in [-0.2, 0) is 6.42 Å². The Morgan fingerprint density at radius 1 is 1.47 bits per heavy atom. The molecule has 2 rings (SSSR count). The first-order chi connectivity index (χ1) is 7.06. The van der Waals surface area contributed by atoms with Gasteiger partial charge in [0.2, 0.25) is 0 Å². The molecule has 0 spiro atoms. The van der Waals surface area contributed by atoms with Gasteiger partial charge in [0.05, 0.1) is 6.26 Å². The fourth-order valence-electron chi connectivity index (χ4n) is 2.13. The van der Waals surface area contributed by atoms with Crippen LogP contribution in [-0.4, -0.2) is 6.54 Å². The van der Waals surface area contributed by atoms with E-state index in [1.807, 2.05) is 6.26 Å². The van der Waals surface area contributed by atoms with Crippen LogP contribution >= 0.6 is 0 Å². The molecule has 2 heteroatoms. The summed E-state index contributed by atoms with van der Waals surface area (Å²) in [4.78, 5) is 0. The summed E-state index contributed by atoms with van der Waals surface area (Å²) in [7, 11) is 0. The van der Waals surface area contributed by atoms with E-state index in [1.165, 1.54) is 24.2 Å². The van der Waals surface area contributed by atoms with Crippen molar-refractivity contribution in [3.63, 3.8) is 0 Å². The fourth-order valence-corrected chi connectivity index (χ4v) is 2.13. The Morgan fingerprint density at radius 3 is 3.00 bits per heavy atom. The van der Waals surface area contributed by atoms with Gasteiger partial charge in [-0.1, -0.05) is 20.8 Å². The van der Waals surface area contributed by atoms with Crippen LogP contribution in [0.2, 0.25) is 0 Å². The average molecular weight is 207 g/mol. The lowest BCUT2D eigenvalue weighted by Crippen LogP contribution is -2.32. The van der Waals surface area contributed by atoms with Crippen molar-refractivity contribution in [2.75, 3.05) is 6.54 Å². The van der Waals surface area contributed by atoms with E-state index >= 15 is 0 Å². The Morgan fingerprint density at radius 2 is 2.27 bits per heavy atom. The van der Waals surface area contributed by atoms with Crippen molar-refractivity contribution in [2.24, 2.45) is 5.41 Å². The highest BCUT2D eigenvalue weighted by molar-refractivity contribution is 5.24. The van der Waals surface area contributed by atoms with Gasteiger partial charge < -0.3 is 9.73 Å². The van der Waals surface area contributed by atoms with Crippen LogP contribution in [0, 0.1) is 5.41 Å². The molecule has 0 saturated carbocycles. The standard InChI is InChI=1S/C13H21NO/c1-13(2,3)9-14-11-5-4-6-12-10(11)7-8-15-12/h7-8,11,14H,4-6,9H2,1-3H3. The summed E-state index contributed by atoms with van der Waals surface area (Å²) in [6.45, 7) is 7.85. The van der Waals surface area contributed by atoms with Gasteiger partial charge in [-0.25, -0.2) is 0 Å². The SMILES string of the molecule is CC(C)(C)CNC1CCCc2occc21. The third-order valence-corrected chi connectivity index (χ3v) is 2.93. The van der Waals surface area contributed by atoms with Crippen molar-refractivity contribution in [3.05, 3.63) is 23.7 Å². The second-order valence-corrected chi connectivity index (χ2v) is 5.69. The van der Waals surface area contributed by atoms with Gasteiger partial charge in [-0.05, 0) is 24.3 Å². The lowest BCUT2D eigenvalue weighted by Gasteiger charge is -2.27. The maximum absolute atomic E-state index is 5.48. The highest BCUT2D eigenvalue weighted by Crippen LogP contribution is 2.30. The normalized spacial score (nSPS) is 21.4. The first-order valence-corrected chi connectivity index (χ1v) is 5.86. The van der Waals surface area contributed by atoms with Crippen molar-refractivity contribution in [2.45, 2.75) is 46.1 Å². The van der Waals surface area contributed by atoms with Gasteiger partial charge in [-0.15, -0.1) is 0 Å². The molecule has 1 N–H and O–H groups in total. The van der Waals surface area contributed by atoms with E-state index < -0.39 is 0 Å². The molecule has 1 heterocycles. The second kappa shape index (κ2) is 4.01. The van der Waals surface area contributed by atoms with Crippen molar-refractivity contribution >= 4 is 0 Å². The first kappa shape index (κ1) is 10.7. The minimum absolute atomic E-state index is 0.349. The summed E-state index contributed by atoms with van der Waals surface area (Å²) in [6, 6.07) is 2.63. The predicted octanol–water partition coefficient (Wildman–Crippen LogP) is 3.29. The molecule has 15 heavy (non-hydrogen) atoms. The van der Waals surface area contributed by atoms with Crippen molar-refractivity contribution in [3.8, 4) is 0 Å². The van der Waals surface area contributed by atoms with E-state index in [-0.39, 0.29) is 0 Å². The van der Waals surface area contributed by atoms with Crippen LogP contribution < -0.4 is 5.32 Å². The number of aryl methyl sites for hydroxylation is 1. The van der Waals surface area contributed by atoms with Crippen LogP contribution in [0.15, 0.2) is 16.7 Å². The van der Waals surface area contributed by atoms with Crippen molar-refractivity contribution in [1.29, 1.82) is 0 Å². The molecule has 1 aromatic heterocycles. The zero-order chi connectivity index (χ0) is 10.9. The van der Waals surface area contributed by atoms with E-state index in [2.05, 4.69) is 32.2 Å². The monoisotopic (exact) mass is 207 g/mol. The molecule has 0 aromatic carbocycles. The molecule has 0 radical (unpaired) electrons. The Kier molecular flexibility index (Phi) is 2.87. The highest BCUT2D eigenvalue weighted by Gasteiger charge is 2.23. The molecule has 0 amide bonds. The van der Waals surface area contributed by atoms with Gasteiger partial charge in [-0.3, -0.25) is 0 Å². The summed E-state index contributed by atoms with van der Waals surface area (Å²) in [5.74, 6) is 1.19. The van der Waals surface area contributed by atoms with Crippen LogP contribution in [0.3, 0.4) is 0 Å². The van der Waals surface area contributed by atoms with Crippen LogP contribution in [0.25, 0.3) is 0 Å². The Bertz CT molecular complexity index is 322. The van der Waals surface area contributed by atoms with Gasteiger partial charge >= 0.3 is 0 Å². The minimum Gasteiger partial charge on any atom is -0.469 e. The molecular weight excluding hydrogens is 186 g/mol. The second-order valence-electron chi connectivity index (χ2n) is 5.69. The molecule has 1 atom stereocenters. The predicted molar refractivity (Wildman–Crippen MR) is 61.8 cm³/mol. The molecule has 1 aromatic rings. The smallest absolute Gasteiger partial charge is 0.108 e. The summed E-state index contributed by atoms with van der Waals surface area (Å²) >= 11 is 0. The number of fused-ring (bicyclic) bond motifs is 1. The summed E-state index contributed by atoms with van der Waals surface area (Å²) in [5.41, 5.74) is 1.73. The van der Waals surface area contributed by atoms with E-state index in [1.54, 1.807) is 0 Å². The number of hydrogen-bond acceptors (Lipinski definition) is 2. The third-order valence-electron chi connectivity index (χ3n) is 2.93. The summed E-state index contributed by atoms with van der Waals surface area (Å²) in [6.07, 6.45) is 5.41. The van der Waals surface area contributed by atoms with Gasteiger partial charge in [0.25, 0.3) is 0 Å². The number of nitrogens with one attached hydrogen (secondary N) is 1. The van der Waals surface area contributed by atoms with Gasteiger partial charge in [0, 0.05) is 24.6 Å². The van der Waals surface area contributed by atoms with Gasteiger partial charge in [-0.2, -0.15) is 0 Å². The minimum atomic E-state index is 0.349. The zero-order valence-electron chi connectivity index (χ0n) is 9.97. The highest BCUT2D eigenvalue weighted by atomic mass is 16.3. The van der Waals surface area contributed by atoms with Gasteiger partial charge in [0.15, 0.2) is 0 Å². The molecule has 1 aliphatic carbocycles. The van der Waals surface area contributed by atoms with E-state index in [9.17, 15) is 0 Å². The van der Waals surface area contributed by atoms with E-state index in [0.29, 0.717) is 11.5 Å². The zero-order valence-corrected chi connectivity index (χ0v) is 9.97. The van der Waals surface area contributed by atoms with Crippen molar-refractivity contribution in [1.82, 2.24) is 5.32 Å². The molecule has 0 saturated heterocycles. The maximum atomic E-state index is 5.48. The molecule has 1 aliphatic rings. The number of furan rings is 1. The number of hydrogen-bond donors (Lipinski definition) is 1. The molecule has 0 bridgehead atoms. The maximum Gasteiger partial charge on any atom is 0.108 e. The lowest BCUT2D eigenvalue weighted by molar-refractivity contribution is 0.329. The average Bonchev–Trinajstić information content (AvgIpc) is 2.61. The lowest BCUT2D eigenvalue weighted by atomic mass is 9.91. The Balaban J connectivity index is 2.01. The third kappa shape index (κ3) is 2.63. The Hall–Kier alpha value is -0.760. The molecule has 84 valence electrons. The summed E-state index contributed by atoms with van der Waals surface area (Å²) in [5, 5.41) is 3.64. The molecule has 0 fully saturated rings. The van der Waals surface area contributed by atoms with Crippen LogP contribution in [0.5, 0.6) is 0 Å². The van der Waals surface area contributed by atoms with Crippen LogP contribution in [0.4, 0.5) is 0 Å².